The van der Waals surface area contributed by atoms with E-state index in [0.717, 1.165) is 25.7 Å². The van der Waals surface area contributed by atoms with Crippen LogP contribution in [0, 0.1) is 11.6 Å². The van der Waals surface area contributed by atoms with Gasteiger partial charge in [-0.2, -0.15) is 0 Å². The molecule has 33 heavy (non-hydrogen) atoms. The van der Waals surface area contributed by atoms with E-state index in [1.165, 1.54) is 31.4 Å². The molecule has 0 unspecified atom stereocenters. The second kappa shape index (κ2) is 9.24. The monoisotopic (exact) mass is 446 g/mol. The molecule has 1 aliphatic carbocycles. The maximum atomic E-state index is 14.1. The van der Waals surface area contributed by atoms with Gasteiger partial charge in [0.05, 0.1) is 0 Å². The molecule has 1 aliphatic heterocycles. The molecule has 5 rings (SSSR count). The van der Waals surface area contributed by atoms with Crippen LogP contribution in [0.4, 0.5) is 8.78 Å². The summed E-state index contributed by atoms with van der Waals surface area (Å²) in [5, 5.41) is 0. The molecule has 0 radical (unpaired) electrons. The number of Topliss-reactive ketones (excluding diaryl/α,β-unsaturated/α-hetero) is 1. The summed E-state index contributed by atoms with van der Waals surface area (Å²) in [6, 6.07) is 12.2. The van der Waals surface area contributed by atoms with E-state index >= 15 is 0 Å². The number of benzene rings is 2. The van der Waals surface area contributed by atoms with Gasteiger partial charge in [0.25, 0.3) is 0 Å². The predicted molar refractivity (Wildman–Crippen MR) is 123 cm³/mol. The largest absolute Gasteiger partial charge is 0.492 e. The predicted octanol–water partition coefficient (Wildman–Crippen LogP) is 5.38. The Kier molecular flexibility index (Phi) is 6.01. The highest BCUT2D eigenvalue weighted by atomic mass is 19.1. The number of hydrogen-bond acceptors (Lipinski definition) is 4. The second-order valence-corrected chi connectivity index (χ2v) is 8.44. The number of pyridine rings is 1. The summed E-state index contributed by atoms with van der Waals surface area (Å²) < 4.78 is 34.1. The highest BCUT2D eigenvalue weighted by Crippen LogP contribution is 2.43. The Bertz CT molecular complexity index is 1200. The minimum Gasteiger partial charge on any atom is -0.492 e. The van der Waals surface area contributed by atoms with Crippen LogP contribution in [0.3, 0.4) is 0 Å². The van der Waals surface area contributed by atoms with Crippen molar-refractivity contribution in [2.45, 2.75) is 19.3 Å². The van der Waals surface area contributed by atoms with Crippen LogP contribution >= 0.6 is 0 Å². The first kappa shape index (κ1) is 21.5. The molecule has 0 amide bonds. The van der Waals surface area contributed by atoms with E-state index in [4.69, 9.17) is 4.74 Å². The van der Waals surface area contributed by atoms with Crippen LogP contribution in [-0.4, -0.2) is 41.9 Å². The molecule has 0 bridgehead atoms. The Balaban J connectivity index is 1.48. The average Bonchev–Trinajstić information content (AvgIpc) is 3.12. The highest BCUT2D eigenvalue weighted by Gasteiger charge is 2.32. The fraction of sp³-hybridized carbons (Fsp3) is 0.259. The first-order chi connectivity index (χ1) is 16.1. The van der Waals surface area contributed by atoms with Crippen molar-refractivity contribution in [3.63, 3.8) is 0 Å². The Hall–Kier alpha value is -3.38. The van der Waals surface area contributed by atoms with Gasteiger partial charge in [-0.15, -0.1) is 0 Å². The number of nitrogens with zero attached hydrogens (tertiary/aromatic N) is 2. The number of carbonyl (C=O) groups is 1. The topological polar surface area (TPSA) is 42.4 Å². The van der Waals surface area contributed by atoms with Crippen molar-refractivity contribution in [1.29, 1.82) is 0 Å². The SMILES string of the molecule is O=C1C(c2cccnc2)=C(c2cc(F)cc(F)c2)c2ccc(OCCN3CCCCC3)cc21. The summed E-state index contributed by atoms with van der Waals surface area (Å²) in [5.41, 5.74) is 2.90. The van der Waals surface area contributed by atoms with Crippen LogP contribution in [0.15, 0.2) is 60.9 Å². The van der Waals surface area contributed by atoms with E-state index in [0.29, 0.717) is 45.8 Å². The number of piperidine rings is 1. The third kappa shape index (κ3) is 4.44. The quantitative estimate of drug-likeness (QED) is 0.510. The number of halogens is 2. The summed E-state index contributed by atoms with van der Waals surface area (Å²) in [5.74, 6) is -0.987. The van der Waals surface area contributed by atoms with Crippen molar-refractivity contribution < 1.29 is 18.3 Å². The van der Waals surface area contributed by atoms with Gasteiger partial charge < -0.3 is 4.74 Å². The van der Waals surface area contributed by atoms with Gasteiger partial charge in [0.15, 0.2) is 5.78 Å². The summed E-state index contributed by atoms with van der Waals surface area (Å²) in [4.78, 5) is 20.0. The lowest BCUT2D eigenvalue weighted by Crippen LogP contribution is -2.33. The van der Waals surface area contributed by atoms with E-state index in [9.17, 15) is 13.6 Å². The van der Waals surface area contributed by atoms with E-state index < -0.39 is 11.6 Å². The number of allylic oxidation sites excluding steroid dienone is 1. The summed E-state index contributed by atoms with van der Waals surface area (Å²) in [6.45, 7) is 3.58. The van der Waals surface area contributed by atoms with Crippen LogP contribution in [0.5, 0.6) is 5.75 Å². The van der Waals surface area contributed by atoms with Crippen molar-refractivity contribution in [1.82, 2.24) is 9.88 Å². The third-order valence-corrected chi connectivity index (χ3v) is 6.21. The smallest absolute Gasteiger partial charge is 0.195 e. The van der Waals surface area contributed by atoms with Crippen LogP contribution in [0.25, 0.3) is 11.1 Å². The zero-order chi connectivity index (χ0) is 22.8. The van der Waals surface area contributed by atoms with Crippen LogP contribution in [0.1, 0.15) is 46.3 Å². The van der Waals surface area contributed by atoms with Crippen molar-refractivity contribution in [2.75, 3.05) is 26.2 Å². The molecule has 2 aliphatic rings. The Morgan fingerprint density at radius 2 is 1.67 bits per heavy atom. The molecule has 3 aromatic rings. The fourth-order valence-corrected chi connectivity index (χ4v) is 4.66. The number of fused-ring (bicyclic) bond motifs is 1. The number of likely N-dealkylation sites (tertiary alicyclic amines) is 1. The van der Waals surface area contributed by atoms with Gasteiger partial charge in [-0.3, -0.25) is 14.7 Å². The van der Waals surface area contributed by atoms with E-state index in [1.54, 1.807) is 36.7 Å². The second-order valence-electron chi connectivity index (χ2n) is 8.44. The molecule has 168 valence electrons. The fourth-order valence-electron chi connectivity index (χ4n) is 4.66. The third-order valence-electron chi connectivity index (χ3n) is 6.21. The zero-order valence-corrected chi connectivity index (χ0v) is 18.2. The minimum atomic E-state index is -0.693. The van der Waals surface area contributed by atoms with Gasteiger partial charge in [-0.05, 0) is 73.5 Å². The number of ketones is 1. The molecular formula is C27H24F2N2O2. The molecule has 4 nitrogen and oxygen atoms in total. The first-order valence-electron chi connectivity index (χ1n) is 11.3. The normalized spacial score (nSPS) is 16.2. The van der Waals surface area contributed by atoms with Gasteiger partial charge in [0, 0.05) is 47.3 Å². The van der Waals surface area contributed by atoms with Crippen molar-refractivity contribution in [3.05, 3.63) is 94.8 Å². The summed E-state index contributed by atoms with van der Waals surface area (Å²) >= 11 is 0. The molecule has 0 spiro atoms. The molecule has 1 aromatic heterocycles. The molecule has 0 atom stereocenters. The molecular weight excluding hydrogens is 422 g/mol. The lowest BCUT2D eigenvalue weighted by atomic mass is 9.95. The molecule has 2 aromatic carbocycles. The van der Waals surface area contributed by atoms with Crippen molar-refractivity contribution >= 4 is 16.9 Å². The maximum absolute atomic E-state index is 14.1. The van der Waals surface area contributed by atoms with Gasteiger partial charge in [0.1, 0.15) is 24.0 Å². The Morgan fingerprint density at radius 3 is 2.39 bits per heavy atom. The first-order valence-corrected chi connectivity index (χ1v) is 11.3. The number of hydrogen-bond donors (Lipinski definition) is 0. The average molecular weight is 446 g/mol. The highest BCUT2D eigenvalue weighted by molar-refractivity contribution is 6.41. The van der Waals surface area contributed by atoms with Crippen LogP contribution < -0.4 is 4.74 Å². The van der Waals surface area contributed by atoms with E-state index in [-0.39, 0.29) is 5.78 Å². The number of ether oxygens (including phenoxy) is 1. The lowest BCUT2D eigenvalue weighted by molar-refractivity contribution is 0.105. The molecule has 0 saturated carbocycles. The Labute approximate surface area is 191 Å². The number of aromatic nitrogens is 1. The molecule has 1 fully saturated rings. The number of carbonyl (C=O) groups excluding carboxylic acids is 1. The van der Waals surface area contributed by atoms with Gasteiger partial charge in [0.2, 0.25) is 0 Å². The van der Waals surface area contributed by atoms with E-state index in [1.807, 2.05) is 6.07 Å². The van der Waals surface area contributed by atoms with Crippen LogP contribution in [0.2, 0.25) is 0 Å². The minimum absolute atomic E-state index is 0.209. The molecule has 6 heteroatoms. The van der Waals surface area contributed by atoms with Crippen molar-refractivity contribution in [3.8, 4) is 5.75 Å². The standard InChI is InChI=1S/C27H24F2N2O2/c28-20-13-19(14-21(29)15-20)25-23-7-6-22(33-12-11-31-9-2-1-3-10-31)16-24(23)27(32)26(25)18-5-4-8-30-17-18/h4-8,13-17H,1-3,9-12H2. The van der Waals surface area contributed by atoms with Gasteiger partial charge in [-0.1, -0.05) is 12.5 Å². The number of rotatable bonds is 6. The maximum Gasteiger partial charge on any atom is 0.195 e. The summed E-state index contributed by atoms with van der Waals surface area (Å²) in [7, 11) is 0. The molecule has 1 saturated heterocycles. The lowest BCUT2D eigenvalue weighted by Gasteiger charge is -2.26. The Morgan fingerprint density at radius 1 is 0.879 bits per heavy atom. The summed E-state index contributed by atoms with van der Waals surface area (Å²) in [6.07, 6.45) is 6.94. The van der Waals surface area contributed by atoms with Gasteiger partial charge >= 0.3 is 0 Å². The molecule has 0 N–H and O–H groups in total. The van der Waals surface area contributed by atoms with Gasteiger partial charge in [-0.25, -0.2) is 8.78 Å². The van der Waals surface area contributed by atoms with Crippen LogP contribution in [-0.2, 0) is 0 Å². The zero-order valence-electron chi connectivity index (χ0n) is 18.2. The molecule has 2 heterocycles. The van der Waals surface area contributed by atoms with E-state index in [2.05, 4.69) is 9.88 Å². The van der Waals surface area contributed by atoms with Crippen molar-refractivity contribution in [2.24, 2.45) is 0 Å².